The van der Waals surface area contributed by atoms with E-state index in [2.05, 4.69) is 10.4 Å². The van der Waals surface area contributed by atoms with E-state index < -0.39 is 0 Å². The van der Waals surface area contributed by atoms with Gasteiger partial charge in [0.1, 0.15) is 5.82 Å². The van der Waals surface area contributed by atoms with Gasteiger partial charge in [-0.05, 0) is 62.9 Å². The van der Waals surface area contributed by atoms with Gasteiger partial charge in [0.05, 0.1) is 0 Å². The van der Waals surface area contributed by atoms with Gasteiger partial charge in [0, 0.05) is 36.4 Å². The van der Waals surface area contributed by atoms with Crippen molar-refractivity contribution in [2.24, 2.45) is 7.05 Å². The largest absolute Gasteiger partial charge is 0.349 e. The standard InChI is InChI=1S/C20H23FN4O2/c1-12-9-18(23-24(12)2)20(27)25-16-7-8-17(25)11-15(10-16)22-19(26)13-3-5-14(21)6-4-13/h3-6,9,15-17H,7-8,10-11H2,1-2H3,(H,22,26)/t15?,16-,17+. The molecule has 0 saturated carbocycles. The molecule has 1 aromatic carbocycles. The van der Waals surface area contributed by atoms with E-state index >= 15 is 0 Å². The molecule has 142 valence electrons. The molecule has 3 heterocycles. The van der Waals surface area contributed by atoms with Gasteiger partial charge in [-0.3, -0.25) is 14.3 Å². The molecule has 1 aromatic heterocycles. The van der Waals surface area contributed by atoms with Gasteiger partial charge in [0.25, 0.3) is 11.8 Å². The number of carbonyl (C=O) groups is 2. The fourth-order valence-corrected chi connectivity index (χ4v) is 4.29. The smallest absolute Gasteiger partial charge is 0.274 e. The summed E-state index contributed by atoms with van der Waals surface area (Å²) in [6.07, 6.45) is 3.37. The second-order valence-corrected chi connectivity index (χ2v) is 7.54. The van der Waals surface area contributed by atoms with E-state index in [-0.39, 0.29) is 35.8 Å². The van der Waals surface area contributed by atoms with Crippen molar-refractivity contribution in [1.82, 2.24) is 20.0 Å². The molecule has 1 unspecified atom stereocenters. The Hall–Kier alpha value is -2.70. The number of halogens is 1. The zero-order chi connectivity index (χ0) is 19.1. The first-order valence-corrected chi connectivity index (χ1v) is 9.32. The molecule has 2 fully saturated rings. The van der Waals surface area contributed by atoms with Crippen LogP contribution >= 0.6 is 0 Å². The minimum Gasteiger partial charge on any atom is -0.349 e. The Morgan fingerprint density at radius 2 is 1.78 bits per heavy atom. The van der Waals surface area contributed by atoms with Crippen LogP contribution in [0, 0.1) is 12.7 Å². The summed E-state index contributed by atoms with van der Waals surface area (Å²) in [6, 6.07) is 7.64. The quantitative estimate of drug-likeness (QED) is 0.902. The van der Waals surface area contributed by atoms with E-state index in [4.69, 9.17) is 0 Å². The lowest BCUT2D eigenvalue weighted by atomic mass is 9.96. The molecule has 1 N–H and O–H groups in total. The maximum atomic E-state index is 13.0. The topological polar surface area (TPSA) is 67.2 Å². The van der Waals surface area contributed by atoms with Crippen LogP contribution < -0.4 is 5.32 Å². The molecular formula is C20H23FN4O2. The average molecular weight is 370 g/mol. The summed E-state index contributed by atoms with van der Waals surface area (Å²) in [5.74, 6) is -0.574. The number of piperidine rings is 1. The predicted octanol–water partition coefficient (Wildman–Crippen LogP) is 2.43. The van der Waals surface area contributed by atoms with Gasteiger partial charge in [-0.25, -0.2) is 4.39 Å². The van der Waals surface area contributed by atoms with Gasteiger partial charge in [0.2, 0.25) is 0 Å². The second kappa shape index (κ2) is 6.79. The lowest BCUT2D eigenvalue weighted by Crippen LogP contribution is -2.52. The molecule has 0 radical (unpaired) electrons. The van der Waals surface area contributed by atoms with Crippen LogP contribution in [0.1, 0.15) is 52.2 Å². The highest BCUT2D eigenvalue weighted by atomic mass is 19.1. The number of aryl methyl sites for hydroxylation is 2. The molecule has 6 nitrogen and oxygen atoms in total. The Labute approximate surface area is 157 Å². The highest BCUT2D eigenvalue weighted by Gasteiger charge is 2.44. The molecule has 0 aliphatic carbocycles. The van der Waals surface area contributed by atoms with Gasteiger partial charge >= 0.3 is 0 Å². The third-order valence-corrected chi connectivity index (χ3v) is 5.74. The summed E-state index contributed by atoms with van der Waals surface area (Å²) in [4.78, 5) is 27.3. The van der Waals surface area contributed by atoms with E-state index in [9.17, 15) is 14.0 Å². The Balaban J connectivity index is 1.43. The predicted molar refractivity (Wildman–Crippen MR) is 97.8 cm³/mol. The van der Waals surface area contributed by atoms with Crippen LogP contribution in [0.25, 0.3) is 0 Å². The minimum absolute atomic E-state index is 0.0190. The fourth-order valence-electron chi connectivity index (χ4n) is 4.29. The van der Waals surface area contributed by atoms with Gasteiger partial charge in [-0.15, -0.1) is 0 Å². The summed E-state index contributed by atoms with van der Waals surface area (Å²) in [7, 11) is 1.83. The Morgan fingerprint density at radius 1 is 1.15 bits per heavy atom. The number of fused-ring (bicyclic) bond motifs is 2. The minimum atomic E-state index is -0.360. The van der Waals surface area contributed by atoms with E-state index in [1.807, 2.05) is 24.9 Å². The van der Waals surface area contributed by atoms with E-state index in [1.165, 1.54) is 24.3 Å². The third kappa shape index (κ3) is 3.34. The van der Waals surface area contributed by atoms with Gasteiger partial charge < -0.3 is 10.2 Å². The van der Waals surface area contributed by atoms with Crippen molar-refractivity contribution in [3.05, 3.63) is 53.1 Å². The summed E-state index contributed by atoms with van der Waals surface area (Å²) in [6.45, 7) is 1.93. The highest BCUT2D eigenvalue weighted by molar-refractivity contribution is 5.95. The fraction of sp³-hybridized carbons (Fsp3) is 0.450. The van der Waals surface area contributed by atoms with Crippen molar-refractivity contribution < 1.29 is 14.0 Å². The number of hydrogen-bond acceptors (Lipinski definition) is 3. The lowest BCUT2D eigenvalue weighted by molar-refractivity contribution is 0.0543. The monoisotopic (exact) mass is 370 g/mol. The van der Waals surface area contributed by atoms with E-state index in [0.29, 0.717) is 11.3 Å². The lowest BCUT2D eigenvalue weighted by Gasteiger charge is -2.38. The number of nitrogens with one attached hydrogen (secondary N) is 1. The van der Waals surface area contributed by atoms with Crippen molar-refractivity contribution >= 4 is 11.8 Å². The number of aromatic nitrogens is 2. The van der Waals surface area contributed by atoms with Crippen molar-refractivity contribution in [2.45, 2.75) is 50.7 Å². The summed E-state index contributed by atoms with van der Waals surface area (Å²) in [5.41, 5.74) is 1.89. The number of benzene rings is 1. The SMILES string of the molecule is Cc1cc(C(=O)N2[C@@H]3CC[C@H]2CC(NC(=O)c2ccc(F)cc2)C3)nn1C. The Bertz CT molecular complexity index is 843. The van der Waals surface area contributed by atoms with E-state index in [0.717, 1.165) is 31.4 Å². The Morgan fingerprint density at radius 3 is 2.33 bits per heavy atom. The summed E-state index contributed by atoms with van der Waals surface area (Å²) >= 11 is 0. The van der Waals surface area contributed by atoms with Crippen molar-refractivity contribution in [1.29, 1.82) is 0 Å². The first-order chi connectivity index (χ1) is 12.9. The van der Waals surface area contributed by atoms with Crippen LogP contribution in [0.4, 0.5) is 4.39 Å². The molecule has 2 amide bonds. The number of carbonyl (C=O) groups excluding carboxylic acids is 2. The molecule has 2 aliphatic heterocycles. The van der Waals surface area contributed by atoms with Crippen molar-refractivity contribution in [2.75, 3.05) is 0 Å². The van der Waals surface area contributed by atoms with Crippen LogP contribution in [0.15, 0.2) is 30.3 Å². The number of rotatable bonds is 3. The van der Waals surface area contributed by atoms with Crippen molar-refractivity contribution in [3.8, 4) is 0 Å². The molecule has 7 heteroatoms. The highest BCUT2D eigenvalue weighted by Crippen LogP contribution is 2.36. The molecule has 4 rings (SSSR count). The second-order valence-electron chi connectivity index (χ2n) is 7.54. The summed E-state index contributed by atoms with van der Waals surface area (Å²) in [5, 5.41) is 7.37. The normalized spacial score (nSPS) is 24.1. The summed E-state index contributed by atoms with van der Waals surface area (Å²) < 4.78 is 14.7. The maximum absolute atomic E-state index is 13.0. The maximum Gasteiger partial charge on any atom is 0.274 e. The molecule has 2 saturated heterocycles. The first-order valence-electron chi connectivity index (χ1n) is 9.32. The van der Waals surface area contributed by atoms with Crippen LogP contribution in [-0.2, 0) is 7.05 Å². The third-order valence-electron chi connectivity index (χ3n) is 5.74. The van der Waals surface area contributed by atoms with Gasteiger partial charge in [-0.2, -0.15) is 5.10 Å². The molecule has 0 spiro atoms. The Kier molecular flexibility index (Phi) is 4.45. The van der Waals surface area contributed by atoms with E-state index in [1.54, 1.807) is 4.68 Å². The van der Waals surface area contributed by atoms with Gasteiger partial charge in [-0.1, -0.05) is 0 Å². The van der Waals surface area contributed by atoms with Gasteiger partial charge in [0.15, 0.2) is 5.69 Å². The molecule has 2 aromatic rings. The average Bonchev–Trinajstić information content (AvgIpc) is 3.11. The first kappa shape index (κ1) is 17.7. The molecule has 27 heavy (non-hydrogen) atoms. The van der Waals surface area contributed by atoms with Crippen molar-refractivity contribution in [3.63, 3.8) is 0 Å². The molecule has 2 aliphatic rings. The number of hydrogen-bond donors (Lipinski definition) is 1. The zero-order valence-corrected chi connectivity index (χ0v) is 15.5. The molecule has 2 bridgehead atoms. The van der Waals surface area contributed by atoms with Crippen LogP contribution in [0.5, 0.6) is 0 Å². The molecular weight excluding hydrogens is 347 g/mol. The van der Waals surface area contributed by atoms with Crippen LogP contribution in [0.2, 0.25) is 0 Å². The van der Waals surface area contributed by atoms with Crippen LogP contribution in [0.3, 0.4) is 0 Å². The van der Waals surface area contributed by atoms with Crippen LogP contribution in [-0.4, -0.2) is 44.6 Å². The molecule has 3 atom stereocenters. The number of amides is 2. The number of nitrogens with zero attached hydrogens (tertiary/aromatic N) is 3. The zero-order valence-electron chi connectivity index (χ0n) is 15.5.